The summed E-state index contributed by atoms with van der Waals surface area (Å²) < 4.78 is 5.84. The van der Waals surface area contributed by atoms with E-state index in [2.05, 4.69) is 49.4 Å². The fourth-order valence-electron chi connectivity index (χ4n) is 4.70. The molecule has 7 nitrogen and oxygen atoms in total. The molecule has 1 fully saturated rings. The number of unbranched alkanes of at least 4 members (excludes halogenated alkanes) is 1. The molecule has 1 saturated heterocycles. The van der Waals surface area contributed by atoms with Crippen molar-refractivity contribution < 1.29 is 9.53 Å². The molecule has 2 N–H and O–H groups in total. The van der Waals surface area contributed by atoms with Crippen LogP contribution in [0.4, 0.5) is 11.5 Å². The first-order valence-electron chi connectivity index (χ1n) is 11.7. The summed E-state index contributed by atoms with van der Waals surface area (Å²) in [5.41, 5.74) is 3.63. The molecule has 0 aliphatic carbocycles. The normalized spacial score (nSPS) is 17.1. The number of H-pyrrole nitrogens is 1. The van der Waals surface area contributed by atoms with E-state index in [9.17, 15) is 4.79 Å². The molecule has 2 aliphatic rings. The van der Waals surface area contributed by atoms with Crippen molar-refractivity contribution in [2.75, 3.05) is 49.5 Å². The average Bonchev–Trinajstić information content (AvgIpc) is 3.17. The molecule has 3 aromatic rings. The highest BCUT2D eigenvalue weighted by molar-refractivity contribution is 5.93. The van der Waals surface area contributed by atoms with Gasteiger partial charge in [0.1, 0.15) is 5.82 Å². The number of aromatic amines is 1. The fraction of sp³-hybridized carbons (Fsp3) is 0.440. The Kier molecular flexibility index (Phi) is 6.25. The lowest BCUT2D eigenvalue weighted by Gasteiger charge is -2.24. The van der Waals surface area contributed by atoms with Crippen molar-refractivity contribution in [3.8, 4) is 5.88 Å². The van der Waals surface area contributed by atoms with Gasteiger partial charge < -0.3 is 24.8 Å². The quantitative estimate of drug-likeness (QED) is 0.554. The molecular formula is C25H31N5O2. The van der Waals surface area contributed by atoms with Crippen molar-refractivity contribution in [3.05, 3.63) is 48.2 Å². The van der Waals surface area contributed by atoms with Gasteiger partial charge >= 0.3 is 0 Å². The van der Waals surface area contributed by atoms with E-state index in [4.69, 9.17) is 4.74 Å². The Labute approximate surface area is 188 Å². The van der Waals surface area contributed by atoms with Gasteiger partial charge in [0, 0.05) is 54.9 Å². The van der Waals surface area contributed by atoms with Gasteiger partial charge in [-0.1, -0.05) is 6.07 Å². The van der Waals surface area contributed by atoms with Crippen LogP contribution in [0.5, 0.6) is 5.88 Å². The largest absolute Gasteiger partial charge is 0.478 e. The van der Waals surface area contributed by atoms with Gasteiger partial charge in [0.05, 0.1) is 6.61 Å². The van der Waals surface area contributed by atoms with Gasteiger partial charge in [-0.3, -0.25) is 4.79 Å². The van der Waals surface area contributed by atoms with Crippen molar-refractivity contribution in [2.45, 2.75) is 32.1 Å². The summed E-state index contributed by atoms with van der Waals surface area (Å²) in [5.74, 6) is 1.28. The lowest BCUT2D eigenvalue weighted by atomic mass is 10.1. The number of aromatic nitrogens is 2. The number of ether oxygens (including phenoxy) is 1. The number of benzene rings is 1. The number of hydrogen-bond donors (Lipinski definition) is 2. The highest BCUT2D eigenvalue weighted by Crippen LogP contribution is 2.27. The molecule has 1 aromatic carbocycles. The third-order valence-electron chi connectivity index (χ3n) is 6.45. The van der Waals surface area contributed by atoms with E-state index in [0.29, 0.717) is 24.7 Å². The fourth-order valence-corrected chi connectivity index (χ4v) is 4.70. The number of amides is 1. The number of hydrogen-bond acceptors (Lipinski definition) is 5. The molecule has 0 atom stereocenters. The van der Waals surface area contributed by atoms with Crippen molar-refractivity contribution >= 4 is 28.3 Å². The van der Waals surface area contributed by atoms with E-state index in [1.807, 2.05) is 18.3 Å². The van der Waals surface area contributed by atoms with Crippen LogP contribution in [0.25, 0.3) is 10.9 Å². The van der Waals surface area contributed by atoms with Crippen LogP contribution in [0, 0.1) is 0 Å². The Morgan fingerprint density at radius 1 is 1.00 bits per heavy atom. The van der Waals surface area contributed by atoms with Gasteiger partial charge in [0.25, 0.3) is 0 Å². The molecule has 168 valence electrons. The zero-order valence-electron chi connectivity index (χ0n) is 18.5. The number of carbonyl (C=O) groups excluding carboxylic acids is 1. The summed E-state index contributed by atoms with van der Waals surface area (Å²) in [7, 11) is 0. The molecule has 0 saturated carbocycles. The first-order valence-corrected chi connectivity index (χ1v) is 11.7. The second kappa shape index (κ2) is 9.61. The number of rotatable bonds is 7. The zero-order chi connectivity index (χ0) is 21.8. The van der Waals surface area contributed by atoms with Crippen LogP contribution < -0.4 is 15.0 Å². The summed E-state index contributed by atoms with van der Waals surface area (Å²) in [6.45, 7) is 6.14. The number of nitrogens with zero attached hydrogens (tertiary/aromatic N) is 3. The predicted octanol–water partition coefficient (Wildman–Crippen LogP) is 3.82. The highest BCUT2D eigenvalue weighted by Gasteiger charge is 2.18. The standard InChI is InChI=1S/C25H31N5O2/c31-23-9-7-19-8-10-24(28-25(19)27-23)32-18-2-1-13-29-14-4-15-30(17-16-29)22-6-3-5-21-20(22)11-12-26-21/h3,5-6,8,10-12,26H,1-2,4,7,9,13-18H2,(H,27,28,31). The van der Waals surface area contributed by atoms with Gasteiger partial charge in [0.2, 0.25) is 11.8 Å². The minimum atomic E-state index is 0.0305. The van der Waals surface area contributed by atoms with Gasteiger partial charge in [0.15, 0.2) is 0 Å². The maximum Gasteiger partial charge on any atom is 0.225 e. The summed E-state index contributed by atoms with van der Waals surface area (Å²) >= 11 is 0. The van der Waals surface area contributed by atoms with Crippen molar-refractivity contribution in [3.63, 3.8) is 0 Å². The molecule has 4 heterocycles. The Morgan fingerprint density at radius 3 is 2.94 bits per heavy atom. The van der Waals surface area contributed by atoms with Crippen molar-refractivity contribution in [2.24, 2.45) is 0 Å². The molecule has 0 unspecified atom stereocenters. The molecule has 0 bridgehead atoms. The molecule has 0 spiro atoms. The average molecular weight is 434 g/mol. The molecule has 32 heavy (non-hydrogen) atoms. The van der Waals surface area contributed by atoms with Gasteiger partial charge in [-0.15, -0.1) is 0 Å². The number of aryl methyl sites for hydroxylation is 1. The summed E-state index contributed by atoms with van der Waals surface area (Å²) in [4.78, 5) is 24.4. The Morgan fingerprint density at radius 2 is 1.97 bits per heavy atom. The van der Waals surface area contributed by atoms with E-state index in [-0.39, 0.29) is 5.91 Å². The van der Waals surface area contributed by atoms with Crippen molar-refractivity contribution in [1.82, 2.24) is 14.9 Å². The van der Waals surface area contributed by atoms with Crippen LogP contribution in [0.1, 0.15) is 31.2 Å². The number of fused-ring (bicyclic) bond motifs is 2. The van der Waals surface area contributed by atoms with Gasteiger partial charge in [-0.2, -0.15) is 4.98 Å². The zero-order valence-corrected chi connectivity index (χ0v) is 18.5. The molecule has 1 amide bonds. The molecule has 2 aromatic heterocycles. The predicted molar refractivity (Wildman–Crippen MR) is 127 cm³/mol. The number of anilines is 2. The lowest BCUT2D eigenvalue weighted by molar-refractivity contribution is -0.116. The third-order valence-corrected chi connectivity index (χ3v) is 6.45. The Hall–Kier alpha value is -3.06. The molecular weight excluding hydrogens is 402 g/mol. The maximum absolute atomic E-state index is 11.6. The molecule has 0 radical (unpaired) electrons. The maximum atomic E-state index is 11.6. The second-order valence-corrected chi connectivity index (χ2v) is 8.66. The topological polar surface area (TPSA) is 73.5 Å². The van der Waals surface area contributed by atoms with Gasteiger partial charge in [-0.05, 0) is 68.6 Å². The molecule has 2 aliphatic heterocycles. The van der Waals surface area contributed by atoms with Crippen molar-refractivity contribution in [1.29, 1.82) is 0 Å². The van der Waals surface area contributed by atoms with E-state index in [1.54, 1.807) is 0 Å². The molecule has 7 heteroatoms. The Bertz CT molecular complexity index is 1080. The third kappa shape index (κ3) is 4.72. The van der Waals surface area contributed by atoms with Gasteiger partial charge in [-0.25, -0.2) is 0 Å². The smallest absolute Gasteiger partial charge is 0.225 e. The van der Waals surface area contributed by atoms with E-state index in [1.165, 1.54) is 23.0 Å². The number of nitrogens with one attached hydrogen (secondary N) is 2. The number of carbonyl (C=O) groups is 1. The summed E-state index contributed by atoms with van der Waals surface area (Å²) in [5, 5.41) is 4.15. The summed E-state index contributed by atoms with van der Waals surface area (Å²) in [6.07, 6.45) is 6.59. The Balaban J connectivity index is 1.06. The van der Waals surface area contributed by atoms with E-state index in [0.717, 1.165) is 57.5 Å². The first-order chi connectivity index (χ1) is 15.8. The second-order valence-electron chi connectivity index (χ2n) is 8.66. The summed E-state index contributed by atoms with van der Waals surface area (Å²) in [6, 6.07) is 12.6. The SMILES string of the molecule is O=C1CCc2ccc(OCCCCN3CCCN(c4cccc5[nH]ccc45)CC3)nc2N1. The first kappa shape index (κ1) is 20.8. The van der Waals surface area contributed by atoms with Crippen LogP contribution in [-0.4, -0.2) is 60.1 Å². The minimum absolute atomic E-state index is 0.0305. The number of pyridine rings is 1. The van der Waals surface area contributed by atoms with E-state index < -0.39 is 0 Å². The van der Waals surface area contributed by atoms with E-state index >= 15 is 0 Å². The van der Waals surface area contributed by atoms with Crippen LogP contribution in [0.15, 0.2) is 42.6 Å². The van der Waals surface area contributed by atoms with Crippen LogP contribution in [-0.2, 0) is 11.2 Å². The monoisotopic (exact) mass is 433 g/mol. The van der Waals surface area contributed by atoms with Crippen LogP contribution >= 0.6 is 0 Å². The highest BCUT2D eigenvalue weighted by atomic mass is 16.5. The van der Waals surface area contributed by atoms with Crippen LogP contribution in [0.3, 0.4) is 0 Å². The molecule has 5 rings (SSSR count). The minimum Gasteiger partial charge on any atom is -0.478 e. The van der Waals surface area contributed by atoms with Crippen LogP contribution in [0.2, 0.25) is 0 Å². The lowest BCUT2D eigenvalue weighted by Crippen LogP contribution is -2.31.